The first-order valence-electron chi connectivity index (χ1n) is 8.95. The van der Waals surface area contributed by atoms with E-state index in [1.54, 1.807) is 7.11 Å². The van der Waals surface area contributed by atoms with E-state index in [0.717, 1.165) is 48.2 Å². The zero-order valence-electron chi connectivity index (χ0n) is 14.9. The van der Waals surface area contributed by atoms with Crippen molar-refractivity contribution in [3.05, 3.63) is 17.7 Å². The Balaban J connectivity index is 1.95. The first-order valence-corrected chi connectivity index (χ1v) is 8.95. The normalized spacial score (nSPS) is 15.8. The molecule has 1 aliphatic rings. The lowest BCUT2D eigenvalue weighted by Crippen LogP contribution is -2.34. The fraction of sp³-hybridized carbons (Fsp3) is 0.684. The highest BCUT2D eigenvalue weighted by molar-refractivity contribution is 5.57. The molecule has 1 aromatic carbocycles. The minimum absolute atomic E-state index is 0.634. The summed E-state index contributed by atoms with van der Waals surface area (Å²) in [6, 6.07) is 4.63. The average molecular weight is 320 g/mol. The lowest BCUT2D eigenvalue weighted by Gasteiger charge is -2.31. The quantitative estimate of drug-likeness (QED) is 0.739. The third-order valence-corrected chi connectivity index (χ3v) is 4.82. The molecule has 2 rings (SSSR count). The third kappa shape index (κ3) is 5.03. The van der Waals surface area contributed by atoms with Gasteiger partial charge in [0.05, 0.1) is 13.7 Å². The number of hydrogen-bond acceptors (Lipinski definition) is 4. The lowest BCUT2D eigenvalue weighted by atomic mass is 9.94. The molecule has 0 aliphatic heterocycles. The van der Waals surface area contributed by atoms with Crippen molar-refractivity contribution in [1.29, 1.82) is 0 Å². The summed E-state index contributed by atoms with van der Waals surface area (Å²) in [7, 11) is 3.93. The molecule has 23 heavy (non-hydrogen) atoms. The molecule has 2 N–H and O–H groups in total. The minimum atomic E-state index is 0.634. The number of nitrogen functional groups attached to an aromatic ring is 1. The molecule has 1 saturated carbocycles. The Morgan fingerprint density at radius 2 is 1.96 bits per heavy atom. The summed E-state index contributed by atoms with van der Waals surface area (Å²) in [6.07, 6.45) is 8.96. The number of methoxy groups -OCH3 is 1. The number of rotatable bonds is 8. The van der Waals surface area contributed by atoms with Gasteiger partial charge in [0.1, 0.15) is 0 Å². The van der Waals surface area contributed by atoms with Gasteiger partial charge in [0.15, 0.2) is 11.5 Å². The van der Waals surface area contributed by atoms with Crippen LogP contribution >= 0.6 is 0 Å². The zero-order chi connectivity index (χ0) is 16.7. The van der Waals surface area contributed by atoms with Crippen LogP contribution in [0.1, 0.15) is 51.0 Å². The predicted molar refractivity (Wildman–Crippen MR) is 96.4 cm³/mol. The highest BCUT2D eigenvalue weighted by Crippen LogP contribution is 2.34. The number of aryl methyl sites for hydroxylation is 1. The predicted octanol–water partition coefficient (Wildman–Crippen LogP) is 3.87. The monoisotopic (exact) mass is 320 g/mol. The number of anilines is 1. The van der Waals surface area contributed by atoms with Crippen LogP contribution in [0.2, 0.25) is 0 Å². The number of ether oxygens (including phenoxy) is 2. The molecule has 0 spiro atoms. The van der Waals surface area contributed by atoms with Crippen LogP contribution in [0.4, 0.5) is 5.69 Å². The maximum Gasteiger partial charge on any atom is 0.164 e. The van der Waals surface area contributed by atoms with Crippen molar-refractivity contribution in [2.24, 2.45) is 0 Å². The third-order valence-electron chi connectivity index (χ3n) is 4.82. The van der Waals surface area contributed by atoms with Gasteiger partial charge in [-0.1, -0.05) is 19.3 Å². The van der Waals surface area contributed by atoms with Gasteiger partial charge in [-0.2, -0.15) is 0 Å². The molecular formula is C19H32N2O2. The highest BCUT2D eigenvalue weighted by atomic mass is 16.5. The second-order valence-electron chi connectivity index (χ2n) is 6.52. The van der Waals surface area contributed by atoms with E-state index in [-0.39, 0.29) is 0 Å². The smallest absolute Gasteiger partial charge is 0.164 e. The van der Waals surface area contributed by atoms with Crippen molar-refractivity contribution >= 4 is 5.69 Å². The molecule has 0 bridgehead atoms. The molecular weight excluding hydrogens is 288 g/mol. The fourth-order valence-corrected chi connectivity index (χ4v) is 3.55. The number of benzene rings is 1. The molecule has 4 heteroatoms. The largest absolute Gasteiger partial charge is 0.493 e. The molecule has 0 aromatic heterocycles. The summed E-state index contributed by atoms with van der Waals surface area (Å²) in [5.41, 5.74) is 7.89. The van der Waals surface area contributed by atoms with Gasteiger partial charge < -0.3 is 20.1 Å². The van der Waals surface area contributed by atoms with Crippen molar-refractivity contribution in [3.63, 3.8) is 0 Å². The van der Waals surface area contributed by atoms with E-state index in [4.69, 9.17) is 15.2 Å². The molecule has 0 amide bonds. The van der Waals surface area contributed by atoms with Gasteiger partial charge in [0, 0.05) is 23.4 Å². The van der Waals surface area contributed by atoms with E-state index in [9.17, 15) is 0 Å². The van der Waals surface area contributed by atoms with Crippen LogP contribution in [0.3, 0.4) is 0 Å². The van der Waals surface area contributed by atoms with Crippen LogP contribution in [-0.4, -0.2) is 38.3 Å². The molecule has 0 heterocycles. The zero-order valence-corrected chi connectivity index (χ0v) is 14.9. The Morgan fingerprint density at radius 1 is 1.22 bits per heavy atom. The average Bonchev–Trinajstić information content (AvgIpc) is 2.57. The molecule has 0 radical (unpaired) electrons. The van der Waals surface area contributed by atoms with Crippen LogP contribution in [0.15, 0.2) is 12.1 Å². The van der Waals surface area contributed by atoms with Gasteiger partial charge in [0.25, 0.3) is 0 Å². The molecule has 0 saturated heterocycles. The van der Waals surface area contributed by atoms with Gasteiger partial charge in [-0.05, 0) is 52.3 Å². The van der Waals surface area contributed by atoms with Crippen LogP contribution in [0.5, 0.6) is 11.5 Å². The van der Waals surface area contributed by atoms with E-state index in [1.165, 1.54) is 32.1 Å². The van der Waals surface area contributed by atoms with Gasteiger partial charge in [-0.3, -0.25) is 0 Å². The van der Waals surface area contributed by atoms with Crippen molar-refractivity contribution in [2.45, 2.75) is 57.9 Å². The Bertz CT molecular complexity index is 485. The first-order chi connectivity index (χ1) is 11.2. The van der Waals surface area contributed by atoms with Crippen molar-refractivity contribution in [1.82, 2.24) is 4.90 Å². The fourth-order valence-electron chi connectivity index (χ4n) is 3.55. The Morgan fingerprint density at radius 3 is 2.61 bits per heavy atom. The summed E-state index contributed by atoms with van der Waals surface area (Å²) in [4.78, 5) is 2.53. The lowest BCUT2D eigenvalue weighted by molar-refractivity contribution is 0.190. The van der Waals surface area contributed by atoms with Gasteiger partial charge in [-0.15, -0.1) is 0 Å². The van der Waals surface area contributed by atoms with Crippen LogP contribution in [0, 0.1) is 0 Å². The molecule has 0 unspecified atom stereocenters. The highest BCUT2D eigenvalue weighted by Gasteiger charge is 2.18. The molecule has 1 aliphatic carbocycles. The SMILES string of the molecule is CCOc1c(CCCN(C)C2CCCCC2)cc(N)cc1OC. The van der Waals surface area contributed by atoms with Crippen LogP contribution in [0.25, 0.3) is 0 Å². The summed E-state index contributed by atoms with van der Waals surface area (Å²) in [6.45, 7) is 3.75. The number of nitrogens with zero attached hydrogens (tertiary/aromatic N) is 1. The maximum absolute atomic E-state index is 6.00. The van der Waals surface area contributed by atoms with E-state index in [2.05, 4.69) is 11.9 Å². The van der Waals surface area contributed by atoms with E-state index >= 15 is 0 Å². The maximum atomic E-state index is 6.00. The van der Waals surface area contributed by atoms with Crippen molar-refractivity contribution in [3.8, 4) is 11.5 Å². The first kappa shape index (κ1) is 17.9. The van der Waals surface area contributed by atoms with E-state index in [1.807, 2.05) is 19.1 Å². The molecule has 4 nitrogen and oxygen atoms in total. The summed E-state index contributed by atoms with van der Waals surface area (Å²) in [5.74, 6) is 1.59. The van der Waals surface area contributed by atoms with Gasteiger partial charge in [-0.25, -0.2) is 0 Å². The molecule has 1 aromatic rings. The standard InChI is InChI=1S/C19H32N2O2/c1-4-23-19-15(13-16(20)14-18(19)22-3)9-8-12-21(2)17-10-6-5-7-11-17/h13-14,17H,4-12,20H2,1-3H3. The van der Waals surface area contributed by atoms with E-state index in [0.29, 0.717) is 6.61 Å². The van der Waals surface area contributed by atoms with Crippen molar-refractivity contribution in [2.75, 3.05) is 33.0 Å². The second-order valence-corrected chi connectivity index (χ2v) is 6.52. The minimum Gasteiger partial charge on any atom is -0.493 e. The number of hydrogen-bond donors (Lipinski definition) is 1. The Hall–Kier alpha value is -1.42. The second kappa shape index (κ2) is 9.02. The van der Waals surface area contributed by atoms with Crippen LogP contribution < -0.4 is 15.2 Å². The Kier molecular flexibility index (Phi) is 7.03. The Labute approximate surface area is 140 Å². The van der Waals surface area contributed by atoms with E-state index < -0.39 is 0 Å². The molecule has 0 atom stereocenters. The van der Waals surface area contributed by atoms with Gasteiger partial charge in [0.2, 0.25) is 0 Å². The molecule has 1 fully saturated rings. The summed E-state index contributed by atoms with van der Waals surface area (Å²) < 4.78 is 11.2. The molecule has 130 valence electrons. The number of nitrogens with two attached hydrogens (primary N) is 1. The van der Waals surface area contributed by atoms with Crippen LogP contribution in [-0.2, 0) is 6.42 Å². The van der Waals surface area contributed by atoms with Gasteiger partial charge >= 0.3 is 0 Å². The summed E-state index contributed by atoms with van der Waals surface area (Å²) in [5, 5.41) is 0. The summed E-state index contributed by atoms with van der Waals surface area (Å²) >= 11 is 0. The topological polar surface area (TPSA) is 47.7 Å². The van der Waals surface area contributed by atoms with Crippen molar-refractivity contribution < 1.29 is 9.47 Å².